The van der Waals surface area contributed by atoms with Crippen LogP contribution in [0.4, 0.5) is 0 Å². The number of nitrogens with one attached hydrogen (secondary N) is 1. The van der Waals surface area contributed by atoms with E-state index in [4.69, 9.17) is 18.9 Å². The number of hydrogen-bond donors (Lipinski definition) is 1. The van der Waals surface area contributed by atoms with Crippen LogP contribution in [0.5, 0.6) is 0 Å². The van der Waals surface area contributed by atoms with Crippen molar-refractivity contribution in [3.05, 3.63) is 0 Å². The minimum absolute atomic E-state index is 0.141. The van der Waals surface area contributed by atoms with E-state index >= 15 is 0 Å². The molecule has 1 saturated heterocycles. The van der Waals surface area contributed by atoms with E-state index in [1.165, 1.54) is 0 Å². The van der Waals surface area contributed by atoms with Gasteiger partial charge in [0.25, 0.3) is 0 Å². The summed E-state index contributed by atoms with van der Waals surface area (Å²) in [6, 6.07) is 0. The fourth-order valence-electron chi connectivity index (χ4n) is 1.82. The smallest absolute Gasteiger partial charge is 0.313 e. The lowest BCUT2D eigenvalue weighted by Crippen LogP contribution is -2.32. The van der Waals surface area contributed by atoms with E-state index in [0.29, 0.717) is 46.2 Å². The molecule has 1 unspecified atom stereocenters. The van der Waals surface area contributed by atoms with Crippen molar-refractivity contribution in [2.75, 3.05) is 59.8 Å². The van der Waals surface area contributed by atoms with E-state index in [0.717, 1.165) is 13.0 Å². The Morgan fingerprint density at radius 2 is 1.74 bits per heavy atom. The third kappa shape index (κ3) is 6.33. The van der Waals surface area contributed by atoms with Crippen LogP contribution in [0.25, 0.3) is 0 Å². The van der Waals surface area contributed by atoms with Crippen molar-refractivity contribution in [3.63, 3.8) is 0 Å². The minimum Gasteiger partial charge on any atom is -0.463 e. The second kappa shape index (κ2) is 9.25. The lowest BCUT2D eigenvalue weighted by Gasteiger charge is -2.20. The van der Waals surface area contributed by atoms with Crippen molar-refractivity contribution in [1.29, 1.82) is 0 Å². The normalized spacial score (nSPS) is 22.6. The Morgan fingerprint density at radius 3 is 2.32 bits per heavy atom. The molecular formula is C13H25NO5. The van der Waals surface area contributed by atoms with Gasteiger partial charge in [0.2, 0.25) is 0 Å². The van der Waals surface area contributed by atoms with Gasteiger partial charge in [-0.15, -0.1) is 0 Å². The Bertz CT molecular complexity index is 253. The summed E-state index contributed by atoms with van der Waals surface area (Å²) in [5.74, 6) is -0.141. The summed E-state index contributed by atoms with van der Waals surface area (Å²) in [6.45, 7) is 6.39. The van der Waals surface area contributed by atoms with E-state index in [1.807, 2.05) is 6.92 Å². The summed E-state index contributed by atoms with van der Waals surface area (Å²) < 4.78 is 20.6. The fraction of sp³-hybridized carbons (Fsp3) is 0.923. The van der Waals surface area contributed by atoms with Gasteiger partial charge in [0.15, 0.2) is 0 Å². The van der Waals surface area contributed by atoms with Crippen LogP contribution >= 0.6 is 0 Å². The standard InChI is InChI=1S/C13H25NO5/c1-13(3-4-14-11-13)12(15)19-10-9-18-8-7-17-6-5-16-2/h14H,3-11H2,1-2H3. The Morgan fingerprint density at radius 1 is 1.11 bits per heavy atom. The first kappa shape index (κ1) is 16.4. The number of methoxy groups -OCH3 is 1. The molecule has 1 aliphatic heterocycles. The number of carbonyl (C=O) groups is 1. The first-order chi connectivity index (χ1) is 9.19. The van der Waals surface area contributed by atoms with Crippen LogP contribution in [-0.4, -0.2) is 65.8 Å². The van der Waals surface area contributed by atoms with Gasteiger partial charge in [-0.1, -0.05) is 0 Å². The van der Waals surface area contributed by atoms with Gasteiger partial charge in [0.05, 0.1) is 38.4 Å². The summed E-state index contributed by atoms with van der Waals surface area (Å²) >= 11 is 0. The monoisotopic (exact) mass is 275 g/mol. The lowest BCUT2D eigenvalue weighted by molar-refractivity contribution is -0.155. The average Bonchev–Trinajstić information content (AvgIpc) is 2.85. The molecule has 0 bridgehead atoms. The summed E-state index contributed by atoms with van der Waals surface area (Å²) in [5, 5.41) is 3.17. The van der Waals surface area contributed by atoms with Crippen LogP contribution in [0.2, 0.25) is 0 Å². The molecule has 0 amide bonds. The van der Waals surface area contributed by atoms with Crippen molar-refractivity contribution in [2.45, 2.75) is 13.3 Å². The average molecular weight is 275 g/mol. The molecule has 1 fully saturated rings. The van der Waals surface area contributed by atoms with Gasteiger partial charge in [0, 0.05) is 13.7 Å². The van der Waals surface area contributed by atoms with Crippen LogP contribution in [0, 0.1) is 5.41 Å². The number of hydrogen-bond acceptors (Lipinski definition) is 6. The highest BCUT2D eigenvalue weighted by molar-refractivity contribution is 5.77. The first-order valence-corrected chi connectivity index (χ1v) is 6.71. The molecule has 1 aliphatic rings. The molecule has 1 rings (SSSR count). The highest BCUT2D eigenvalue weighted by Gasteiger charge is 2.37. The SMILES string of the molecule is COCCOCCOCCOC(=O)C1(C)CCNC1. The first-order valence-electron chi connectivity index (χ1n) is 6.71. The summed E-state index contributed by atoms with van der Waals surface area (Å²) in [5.41, 5.74) is -0.372. The topological polar surface area (TPSA) is 66.0 Å². The number of esters is 1. The molecule has 1 heterocycles. The summed E-state index contributed by atoms with van der Waals surface area (Å²) in [4.78, 5) is 11.8. The van der Waals surface area contributed by atoms with Crippen LogP contribution < -0.4 is 5.32 Å². The molecule has 6 heteroatoms. The molecule has 19 heavy (non-hydrogen) atoms. The van der Waals surface area contributed by atoms with Crippen molar-refractivity contribution < 1.29 is 23.7 Å². The molecule has 0 aromatic carbocycles. The predicted octanol–water partition coefficient (Wildman–Crippen LogP) is 0.209. The van der Waals surface area contributed by atoms with Crippen LogP contribution in [0.1, 0.15) is 13.3 Å². The van der Waals surface area contributed by atoms with Gasteiger partial charge in [0.1, 0.15) is 6.61 Å². The lowest BCUT2D eigenvalue weighted by atomic mass is 9.90. The summed E-state index contributed by atoms with van der Waals surface area (Å²) in [6.07, 6.45) is 0.833. The van der Waals surface area contributed by atoms with Crippen LogP contribution in [-0.2, 0) is 23.7 Å². The Kier molecular flexibility index (Phi) is 7.97. The second-order valence-corrected chi connectivity index (χ2v) is 4.84. The second-order valence-electron chi connectivity index (χ2n) is 4.84. The van der Waals surface area contributed by atoms with Gasteiger partial charge < -0.3 is 24.3 Å². The fourth-order valence-corrected chi connectivity index (χ4v) is 1.82. The van der Waals surface area contributed by atoms with Gasteiger partial charge in [-0.05, 0) is 19.9 Å². The predicted molar refractivity (Wildman–Crippen MR) is 70.1 cm³/mol. The molecule has 0 radical (unpaired) electrons. The summed E-state index contributed by atoms with van der Waals surface area (Å²) in [7, 11) is 1.63. The Labute approximate surface area is 114 Å². The third-order valence-electron chi connectivity index (χ3n) is 3.13. The van der Waals surface area contributed by atoms with Crippen LogP contribution in [0.15, 0.2) is 0 Å². The van der Waals surface area contributed by atoms with E-state index in [1.54, 1.807) is 7.11 Å². The van der Waals surface area contributed by atoms with Crippen molar-refractivity contribution in [2.24, 2.45) is 5.41 Å². The zero-order chi connectivity index (χ0) is 14.0. The molecule has 1 N–H and O–H groups in total. The van der Waals surface area contributed by atoms with Crippen molar-refractivity contribution >= 4 is 5.97 Å². The van der Waals surface area contributed by atoms with Gasteiger partial charge in [-0.2, -0.15) is 0 Å². The van der Waals surface area contributed by atoms with Gasteiger partial charge in [-0.3, -0.25) is 4.79 Å². The molecule has 0 aliphatic carbocycles. The molecule has 1 atom stereocenters. The van der Waals surface area contributed by atoms with Crippen LogP contribution in [0.3, 0.4) is 0 Å². The Balaban J connectivity index is 1.92. The largest absolute Gasteiger partial charge is 0.463 e. The number of rotatable bonds is 10. The van der Waals surface area contributed by atoms with E-state index in [9.17, 15) is 4.79 Å². The van der Waals surface area contributed by atoms with Gasteiger partial charge >= 0.3 is 5.97 Å². The number of carbonyl (C=O) groups excluding carboxylic acids is 1. The van der Waals surface area contributed by atoms with Crippen molar-refractivity contribution in [3.8, 4) is 0 Å². The highest BCUT2D eigenvalue weighted by atomic mass is 16.6. The van der Waals surface area contributed by atoms with Crippen molar-refractivity contribution in [1.82, 2.24) is 5.32 Å². The maximum Gasteiger partial charge on any atom is 0.313 e. The maximum absolute atomic E-state index is 11.8. The molecule has 0 aromatic rings. The van der Waals surface area contributed by atoms with E-state index in [-0.39, 0.29) is 11.4 Å². The molecule has 0 saturated carbocycles. The molecule has 112 valence electrons. The van der Waals surface area contributed by atoms with E-state index in [2.05, 4.69) is 5.32 Å². The molecular weight excluding hydrogens is 250 g/mol. The zero-order valence-corrected chi connectivity index (χ0v) is 11.9. The molecule has 6 nitrogen and oxygen atoms in total. The molecule has 0 aromatic heterocycles. The van der Waals surface area contributed by atoms with Gasteiger partial charge in [-0.25, -0.2) is 0 Å². The Hall–Kier alpha value is -0.690. The minimum atomic E-state index is -0.372. The number of ether oxygens (including phenoxy) is 4. The molecule has 0 spiro atoms. The van der Waals surface area contributed by atoms with E-state index < -0.39 is 0 Å². The highest BCUT2D eigenvalue weighted by Crippen LogP contribution is 2.25. The third-order valence-corrected chi connectivity index (χ3v) is 3.13. The maximum atomic E-state index is 11.8. The zero-order valence-electron chi connectivity index (χ0n) is 11.9. The quantitative estimate of drug-likeness (QED) is 0.454.